The van der Waals surface area contributed by atoms with Gasteiger partial charge in [0.2, 0.25) is 11.8 Å². The Morgan fingerprint density at radius 1 is 0.959 bits per heavy atom. The number of ether oxygens (including phenoxy) is 2. The first-order chi connectivity index (χ1) is 23.0. The van der Waals surface area contributed by atoms with Crippen LogP contribution in [0.25, 0.3) is 0 Å². The Balaban J connectivity index is 1.52. The predicted octanol–water partition coefficient (Wildman–Crippen LogP) is 5.06. The molecule has 1 aliphatic heterocycles. The molecule has 2 heterocycles. The molecule has 3 aromatic rings. The topological polar surface area (TPSA) is 144 Å². The summed E-state index contributed by atoms with van der Waals surface area (Å²) in [6, 6.07) is 17.1. The summed E-state index contributed by atoms with van der Waals surface area (Å²) in [6.07, 6.45) is 4.34. The molecule has 4 amide bonds. The van der Waals surface area contributed by atoms with Gasteiger partial charge in [0.25, 0.3) is 5.91 Å². The van der Waals surface area contributed by atoms with Gasteiger partial charge in [-0.2, -0.15) is 0 Å². The Hall–Kier alpha value is -4.71. The molecule has 2 aromatic carbocycles. The van der Waals surface area contributed by atoms with Crippen LogP contribution < -0.4 is 16.0 Å². The van der Waals surface area contributed by atoms with Gasteiger partial charge in [0.15, 0.2) is 5.82 Å². The maximum Gasteiger partial charge on any atom is 0.408 e. The molecule has 1 saturated heterocycles. The van der Waals surface area contributed by atoms with Crippen molar-refractivity contribution in [2.24, 2.45) is 5.41 Å². The van der Waals surface area contributed by atoms with Gasteiger partial charge in [0, 0.05) is 19.3 Å². The molecule has 0 bridgehead atoms. The lowest BCUT2D eigenvalue weighted by Gasteiger charge is -2.39. The van der Waals surface area contributed by atoms with Crippen molar-refractivity contribution >= 4 is 29.6 Å². The van der Waals surface area contributed by atoms with Crippen LogP contribution >= 0.6 is 0 Å². The third-order valence-electron chi connectivity index (χ3n) is 8.11. The van der Waals surface area contributed by atoms with Gasteiger partial charge < -0.3 is 34.9 Å². The zero-order chi connectivity index (χ0) is 35.8. The molecule has 2 unspecified atom stereocenters. The number of alkyl carbamates (subject to hydrolysis) is 1. The number of anilines is 1. The van der Waals surface area contributed by atoms with E-state index in [4.69, 9.17) is 9.47 Å². The predicted molar refractivity (Wildman–Crippen MR) is 187 cm³/mol. The fourth-order valence-electron chi connectivity index (χ4n) is 5.62. The van der Waals surface area contributed by atoms with Gasteiger partial charge in [-0.1, -0.05) is 74.5 Å². The Labute approximate surface area is 288 Å². The van der Waals surface area contributed by atoms with E-state index in [9.17, 15) is 19.2 Å². The van der Waals surface area contributed by atoms with E-state index in [-0.39, 0.29) is 30.4 Å². The highest BCUT2D eigenvalue weighted by Crippen LogP contribution is 2.31. The third kappa shape index (κ3) is 10.9. The number of nitrogens with zero attached hydrogens (tertiary/aromatic N) is 3. The van der Waals surface area contributed by atoms with Gasteiger partial charge in [-0.15, -0.1) is 0 Å². The van der Waals surface area contributed by atoms with E-state index in [1.54, 1.807) is 31.5 Å². The van der Waals surface area contributed by atoms with E-state index < -0.39 is 41.1 Å². The molecule has 1 aliphatic rings. The average Bonchev–Trinajstić information content (AvgIpc) is 3.47. The second-order valence-electron chi connectivity index (χ2n) is 14.8. The molecule has 4 rings (SSSR count). The van der Waals surface area contributed by atoms with Crippen LogP contribution in [0.3, 0.4) is 0 Å². The van der Waals surface area contributed by atoms with Crippen LogP contribution in [0.4, 0.5) is 10.6 Å². The lowest BCUT2D eigenvalue weighted by atomic mass is 9.84. The van der Waals surface area contributed by atoms with Gasteiger partial charge in [-0.25, -0.2) is 9.78 Å². The lowest BCUT2D eigenvalue weighted by Crippen LogP contribution is -2.59. The van der Waals surface area contributed by atoms with Crippen LogP contribution in [0, 0.1) is 5.41 Å². The highest BCUT2D eigenvalue weighted by molar-refractivity contribution is 5.98. The number of nitrogens with one attached hydrogen (secondary N) is 3. The smallest absolute Gasteiger partial charge is 0.408 e. The quantitative estimate of drug-likeness (QED) is 0.244. The van der Waals surface area contributed by atoms with Gasteiger partial charge >= 0.3 is 6.09 Å². The molecule has 1 aromatic heterocycles. The van der Waals surface area contributed by atoms with Crippen LogP contribution in [0.5, 0.6) is 0 Å². The van der Waals surface area contributed by atoms with Crippen LogP contribution in [0.2, 0.25) is 0 Å². The fourth-order valence-corrected chi connectivity index (χ4v) is 5.62. The molecule has 0 saturated carbocycles. The van der Waals surface area contributed by atoms with E-state index in [0.717, 1.165) is 24.0 Å². The molecule has 12 heteroatoms. The van der Waals surface area contributed by atoms with Crippen LogP contribution in [0.15, 0.2) is 73.2 Å². The minimum absolute atomic E-state index is 0.0161. The summed E-state index contributed by atoms with van der Waals surface area (Å²) >= 11 is 0. The van der Waals surface area contributed by atoms with Crippen LogP contribution in [0.1, 0.15) is 78.5 Å². The maximum atomic E-state index is 14.0. The minimum Gasteiger partial charge on any atom is -0.444 e. The second kappa shape index (κ2) is 15.7. The Morgan fingerprint density at radius 2 is 1.61 bits per heavy atom. The van der Waals surface area contributed by atoms with Crippen molar-refractivity contribution in [1.82, 2.24) is 25.1 Å². The van der Waals surface area contributed by atoms with Gasteiger partial charge in [0.05, 0.1) is 19.5 Å². The molecule has 12 nitrogen and oxygen atoms in total. The summed E-state index contributed by atoms with van der Waals surface area (Å²) in [4.78, 5) is 59.9. The Kier molecular flexibility index (Phi) is 11.9. The summed E-state index contributed by atoms with van der Waals surface area (Å²) in [5, 5.41) is 8.05. The Bertz CT molecular complexity index is 1580. The van der Waals surface area contributed by atoms with E-state index in [1.807, 2.05) is 65.6 Å². The third-order valence-corrected chi connectivity index (χ3v) is 8.11. The van der Waals surface area contributed by atoms with Crippen molar-refractivity contribution in [3.8, 4) is 0 Å². The monoisotopic (exact) mass is 674 g/mol. The SMILES string of the molecule is CC1(C)CCCN(C(=O)C(c2ccccc2)n2cnc(NC(=O)C(COCc3ccccc3)NC(=O)C(C)(C)NC(=O)OC(C)(C)C)c2)C1. The number of amides is 4. The number of hydrogen-bond donors (Lipinski definition) is 3. The van der Waals surface area contributed by atoms with Crippen molar-refractivity contribution in [3.63, 3.8) is 0 Å². The average molecular weight is 675 g/mol. The normalized spacial score (nSPS) is 15.9. The molecule has 264 valence electrons. The van der Waals surface area contributed by atoms with Crippen molar-refractivity contribution < 1.29 is 28.7 Å². The number of carbonyl (C=O) groups is 4. The number of benzene rings is 2. The van der Waals surface area contributed by atoms with Crippen LogP contribution in [-0.2, 0) is 30.5 Å². The standard InChI is InChI=1S/C37H50N6O6/c1-35(2,3)49-34(47)41-37(6,7)33(46)39-28(23-48-22-26-15-10-8-11-16-26)31(44)40-29-21-43(25-38-29)30(27-17-12-9-13-18-27)32(45)42-20-14-19-36(4,5)24-42/h8-13,15-18,21,25,28,30H,14,19-20,22-24H2,1-7H3,(H,39,46)(H,40,44)(H,41,47). The van der Waals surface area contributed by atoms with E-state index >= 15 is 0 Å². The minimum atomic E-state index is -1.42. The largest absolute Gasteiger partial charge is 0.444 e. The molecule has 49 heavy (non-hydrogen) atoms. The van der Waals surface area contributed by atoms with Gasteiger partial charge in [-0.3, -0.25) is 14.4 Å². The molecular formula is C37H50N6O6. The molecule has 1 fully saturated rings. The molecule has 0 spiro atoms. The number of piperidine rings is 1. The summed E-state index contributed by atoms with van der Waals surface area (Å²) < 4.78 is 12.9. The fraction of sp³-hybridized carbons (Fsp3) is 0.486. The Morgan fingerprint density at radius 3 is 2.24 bits per heavy atom. The van der Waals surface area contributed by atoms with Crippen molar-refractivity contribution in [2.45, 2.75) is 91.1 Å². The van der Waals surface area contributed by atoms with Crippen molar-refractivity contribution in [1.29, 1.82) is 0 Å². The molecule has 0 radical (unpaired) electrons. The molecule has 0 aliphatic carbocycles. The zero-order valence-electron chi connectivity index (χ0n) is 29.6. The van der Waals surface area contributed by atoms with E-state index in [1.165, 1.54) is 20.2 Å². The number of hydrogen-bond acceptors (Lipinski definition) is 7. The number of imidazole rings is 1. The van der Waals surface area contributed by atoms with E-state index in [2.05, 4.69) is 34.8 Å². The zero-order valence-corrected chi connectivity index (χ0v) is 29.6. The molecule has 2 atom stereocenters. The maximum absolute atomic E-state index is 14.0. The van der Waals surface area contributed by atoms with Crippen LogP contribution in [-0.4, -0.2) is 75.1 Å². The van der Waals surface area contributed by atoms with E-state index in [0.29, 0.717) is 13.1 Å². The number of likely N-dealkylation sites (tertiary alicyclic amines) is 1. The van der Waals surface area contributed by atoms with Crippen molar-refractivity contribution in [2.75, 3.05) is 25.0 Å². The summed E-state index contributed by atoms with van der Waals surface area (Å²) in [5.41, 5.74) is -0.476. The number of carbonyl (C=O) groups excluding carboxylic acids is 4. The summed E-state index contributed by atoms with van der Waals surface area (Å²) in [6.45, 7) is 13.9. The lowest BCUT2D eigenvalue weighted by molar-refractivity contribution is -0.136. The van der Waals surface area contributed by atoms with Gasteiger partial charge in [0.1, 0.15) is 23.2 Å². The highest BCUT2D eigenvalue weighted by Gasteiger charge is 2.36. The first-order valence-electron chi connectivity index (χ1n) is 16.6. The van der Waals surface area contributed by atoms with Crippen molar-refractivity contribution in [3.05, 3.63) is 84.3 Å². The highest BCUT2D eigenvalue weighted by atomic mass is 16.6. The first-order valence-corrected chi connectivity index (χ1v) is 16.6. The summed E-state index contributed by atoms with van der Waals surface area (Å²) in [5.74, 6) is -1.05. The second-order valence-corrected chi connectivity index (χ2v) is 14.8. The first kappa shape index (κ1) is 37.1. The van der Waals surface area contributed by atoms with Gasteiger partial charge in [-0.05, 0) is 64.0 Å². The summed E-state index contributed by atoms with van der Waals surface area (Å²) in [7, 11) is 0. The number of rotatable bonds is 12. The number of aromatic nitrogens is 2. The molecule has 3 N–H and O–H groups in total. The molecular weight excluding hydrogens is 624 g/mol.